The van der Waals surface area contributed by atoms with E-state index in [1.165, 1.54) is 12.1 Å². The second-order valence-electron chi connectivity index (χ2n) is 4.24. The van der Waals surface area contributed by atoms with Gasteiger partial charge in [-0.05, 0) is 30.7 Å². The predicted octanol–water partition coefficient (Wildman–Crippen LogP) is 3.12. The van der Waals surface area contributed by atoms with Crippen LogP contribution >= 0.6 is 0 Å². The van der Waals surface area contributed by atoms with E-state index in [4.69, 9.17) is 0 Å². The van der Waals surface area contributed by atoms with Gasteiger partial charge in [0.25, 0.3) is 0 Å². The second-order valence-corrected chi connectivity index (χ2v) is 4.24. The first-order valence-corrected chi connectivity index (χ1v) is 5.50. The zero-order chi connectivity index (χ0) is 12.5. The predicted molar refractivity (Wildman–Crippen MR) is 56.6 cm³/mol. The van der Waals surface area contributed by atoms with Crippen LogP contribution < -0.4 is 5.32 Å². The first-order chi connectivity index (χ1) is 7.98. The maximum absolute atomic E-state index is 13.6. The SMILES string of the molecule is FC1CNCCC1c1ccc(C(F)(F)F)cc1. The maximum Gasteiger partial charge on any atom is 0.416 e. The average molecular weight is 247 g/mol. The number of alkyl halides is 4. The minimum Gasteiger partial charge on any atom is -0.314 e. The van der Waals surface area contributed by atoms with Crippen LogP contribution in [0.25, 0.3) is 0 Å². The number of rotatable bonds is 1. The van der Waals surface area contributed by atoms with Gasteiger partial charge in [-0.2, -0.15) is 13.2 Å². The van der Waals surface area contributed by atoms with E-state index in [0.29, 0.717) is 18.5 Å². The lowest BCUT2D eigenvalue weighted by Crippen LogP contribution is -2.36. The van der Waals surface area contributed by atoms with E-state index < -0.39 is 17.9 Å². The molecule has 2 rings (SSSR count). The fraction of sp³-hybridized carbons (Fsp3) is 0.500. The van der Waals surface area contributed by atoms with Gasteiger partial charge < -0.3 is 5.32 Å². The number of hydrogen-bond acceptors (Lipinski definition) is 1. The molecule has 0 radical (unpaired) electrons. The van der Waals surface area contributed by atoms with E-state index in [1.807, 2.05) is 0 Å². The van der Waals surface area contributed by atoms with E-state index in [2.05, 4.69) is 5.32 Å². The van der Waals surface area contributed by atoms with Gasteiger partial charge in [-0.3, -0.25) is 0 Å². The molecule has 0 amide bonds. The Morgan fingerprint density at radius 3 is 2.29 bits per heavy atom. The lowest BCUT2D eigenvalue weighted by atomic mass is 9.88. The molecule has 5 heteroatoms. The van der Waals surface area contributed by atoms with Crippen LogP contribution in [0.3, 0.4) is 0 Å². The fourth-order valence-electron chi connectivity index (χ4n) is 2.12. The van der Waals surface area contributed by atoms with Crippen LogP contribution in [0.2, 0.25) is 0 Å². The normalized spacial score (nSPS) is 25.9. The third-order valence-electron chi connectivity index (χ3n) is 3.07. The smallest absolute Gasteiger partial charge is 0.314 e. The molecule has 2 unspecified atom stereocenters. The van der Waals surface area contributed by atoms with Crippen molar-refractivity contribution in [3.05, 3.63) is 35.4 Å². The molecule has 1 fully saturated rings. The number of piperidine rings is 1. The largest absolute Gasteiger partial charge is 0.416 e. The Kier molecular flexibility index (Phi) is 3.38. The third kappa shape index (κ3) is 2.77. The van der Waals surface area contributed by atoms with Gasteiger partial charge in [-0.1, -0.05) is 12.1 Å². The summed E-state index contributed by atoms with van der Waals surface area (Å²) in [4.78, 5) is 0. The van der Waals surface area contributed by atoms with Gasteiger partial charge in [-0.15, -0.1) is 0 Å². The van der Waals surface area contributed by atoms with Crippen molar-refractivity contribution in [1.29, 1.82) is 0 Å². The number of halogens is 4. The topological polar surface area (TPSA) is 12.0 Å². The van der Waals surface area contributed by atoms with Crippen LogP contribution in [0.4, 0.5) is 17.6 Å². The summed E-state index contributed by atoms with van der Waals surface area (Å²) >= 11 is 0. The molecule has 1 aliphatic rings. The Morgan fingerprint density at radius 2 is 1.76 bits per heavy atom. The van der Waals surface area contributed by atoms with E-state index in [-0.39, 0.29) is 12.5 Å². The summed E-state index contributed by atoms with van der Waals surface area (Å²) in [5, 5.41) is 2.91. The minimum absolute atomic E-state index is 0.270. The Labute approximate surface area is 96.8 Å². The van der Waals surface area contributed by atoms with E-state index in [0.717, 1.165) is 12.1 Å². The van der Waals surface area contributed by atoms with Crippen LogP contribution in [0, 0.1) is 0 Å². The van der Waals surface area contributed by atoms with Crippen LogP contribution in [0.5, 0.6) is 0 Å². The van der Waals surface area contributed by atoms with Gasteiger partial charge in [0.15, 0.2) is 0 Å². The highest BCUT2D eigenvalue weighted by Crippen LogP contribution is 2.32. The zero-order valence-corrected chi connectivity index (χ0v) is 9.10. The van der Waals surface area contributed by atoms with Crippen molar-refractivity contribution in [2.45, 2.75) is 24.7 Å². The minimum atomic E-state index is -4.33. The standard InChI is InChI=1S/C12H13F4N/c13-11-7-17-6-5-10(11)8-1-3-9(4-2-8)12(14,15)16/h1-4,10-11,17H,5-7H2. The van der Waals surface area contributed by atoms with Crippen LogP contribution in [0.15, 0.2) is 24.3 Å². The highest BCUT2D eigenvalue weighted by molar-refractivity contribution is 5.28. The van der Waals surface area contributed by atoms with E-state index >= 15 is 0 Å². The van der Waals surface area contributed by atoms with Crippen molar-refractivity contribution < 1.29 is 17.6 Å². The molecule has 1 aliphatic heterocycles. The van der Waals surface area contributed by atoms with E-state index in [1.54, 1.807) is 0 Å². The summed E-state index contributed by atoms with van der Waals surface area (Å²) in [5.74, 6) is -0.293. The molecule has 1 N–H and O–H groups in total. The van der Waals surface area contributed by atoms with Gasteiger partial charge in [0.05, 0.1) is 5.56 Å². The van der Waals surface area contributed by atoms with Gasteiger partial charge >= 0.3 is 6.18 Å². The number of hydrogen-bond donors (Lipinski definition) is 1. The van der Waals surface area contributed by atoms with Crippen LogP contribution in [-0.2, 0) is 6.18 Å². The quantitative estimate of drug-likeness (QED) is 0.752. The first-order valence-electron chi connectivity index (χ1n) is 5.50. The molecule has 0 aliphatic carbocycles. The summed E-state index contributed by atoms with van der Waals surface area (Å²) in [6.07, 6.45) is -4.74. The summed E-state index contributed by atoms with van der Waals surface area (Å²) in [6, 6.07) is 4.80. The average Bonchev–Trinajstić information content (AvgIpc) is 2.29. The monoisotopic (exact) mass is 247 g/mol. The third-order valence-corrected chi connectivity index (χ3v) is 3.07. The van der Waals surface area contributed by atoms with Gasteiger partial charge in [0, 0.05) is 12.5 Å². The lowest BCUT2D eigenvalue weighted by molar-refractivity contribution is -0.137. The molecule has 1 nitrogen and oxygen atoms in total. The molecule has 17 heavy (non-hydrogen) atoms. The van der Waals surface area contributed by atoms with Crippen molar-refractivity contribution >= 4 is 0 Å². The Hall–Kier alpha value is -1.10. The first kappa shape index (κ1) is 12.4. The van der Waals surface area contributed by atoms with Crippen molar-refractivity contribution in [3.63, 3.8) is 0 Å². The molecule has 2 atom stereocenters. The molecule has 0 bridgehead atoms. The van der Waals surface area contributed by atoms with Crippen LogP contribution in [-0.4, -0.2) is 19.3 Å². The maximum atomic E-state index is 13.6. The van der Waals surface area contributed by atoms with Gasteiger partial charge in [0.2, 0.25) is 0 Å². The van der Waals surface area contributed by atoms with Crippen molar-refractivity contribution in [1.82, 2.24) is 5.32 Å². The summed E-state index contributed by atoms with van der Waals surface area (Å²) in [7, 11) is 0. The highest BCUT2D eigenvalue weighted by Gasteiger charge is 2.31. The highest BCUT2D eigenvalue weighted by atomic mass is 19.4. The number of benzene rings is 1. The molecule has 1 saturated heterocycles. The molecule has 0 saturated carbocycles. The molecular formula is C12H13F4N. The van der Waals surface area contributed by atoms with Crippen molar-refractivity contribution in [2.24, 2.45) is 0 Å². The molecule has 0 aromatic heterocycles. The van der Waals surface area contributed by atoms with Crippen molar-refractivity contribution in [3.8, 4) is 0 Å². The molecule has 1 aromatic carbocycles. The van der Waals surface area contributed by atoms with Gasteiger partial charge in [0.1, 0.15) is 6.17 Å². The molecule has 1 aromatic rings. The molecule has 94 valence electrons. The molecular weight excluding hydrogens is 234 g/mol. The Balaban J connectivity index is 2.17. The Morgan fingerprint density at radius 1 is 1.12 bits per heavy atom. The molecule has 0 spiro atoms. The summed E-state index contributed by atoms with van der Waals surface area (Å²) in [5.41, 5.74) is -0.0439. The summed E-state index contributed by atoms with van der Waals surface area (Å²) in [6.45, 7) is 0.970. The number of nitrogens with one attached hydrogen (secondary N) is 1. The van der Waals surface area contributed by atoms with Crippen molar-refractivity contribution in [2.75, 3.05) is 13.1 Å². The molecule has 1 heterocycles. The second kappa shape index (κ2) is 4.64. The van der Waals surface area contributed by atoms with Gasteiger partial charge in [-0.25, -0.2) is 4.39 Å². The lowest BCUT2D eigenvalue weighted by Gasteiger charge is -2.27. The van der Waals surface area contributed by atoms with E-state index in [9.17, 15) is 17.6 Å². The Bertz CT molecular complexity index is 371. The fourth-order valence-corrected chi connectivity index (χ4v) is 2.12. The summed E-state index contributed by atoms with van der Waals surface area (Å²) < 4.78 is 50.6. The zero-order valence-electron chi connectivity index (χ0n) is 9.10. The van der Waals surface area contributed by atoms with Crippen LogP contribution in [0.1, 0.15) is 23.5 Å².